The number of aromatic nitrogens is 2. The molecule has 0 aliphatic heterocycles. The summed E-state index contributed by atoms with van der Waals surface area (Å²) in [4.78, 5) is 11.9. The Kier molecular flexibility index (Phi) is 4.77. The summed E-state index contributed by atoms with van der Waals surface area (Å²) in [5.41, 5.74) is 2.23. The summed E-state index contributed by atoms with van der Waals surface area (Å²) in [7, 11) is 0. The van der Waals surface area contributed by atoms with Gasteiger partial charge in [0.2, 0.25) is 5.91 Å². The van der Waals surface area contributed by atoms with Crippen molar-refractivity contribution in [2.75, 3.05) is 6.54 Å². The SMILES string of the molecule is Cc1cc(C)n(CCCNC(=O)C2CC=CCC2)n1. The molecule has 0 fully saturated rings. The van der Waals surface area contributed by atoms with E-state index in [1.807, 2.05) is 11.6 Å². The van der Waals surface area contributed by atoms with Gasteiger partial charge in [-0.3, -0.25) is 9.48 Å². The van der Waals surface area contributed by atoms with Crippen LogP contribution in [0.1, 0.15) is 37.1 Å². The highest BCUT2D eigenvalue weighted by Crippen LogP contribution is 2.17. The van der Waals surface area contributed by atoms with Gasteiger partial charge in [0, 0.05) is 24.7 Å². The number of hydrogen-bond donors (Lipinski definition) is 1. The van der Waals surface area contributed by atoms with E-state index in [9.17, 15) is 4.79 Å². The van der Waals surface area contributed by atoms with Crippen LogP contribution in [-0.2, 0) is 11.3 Å². The number of carbonyl (C=O) groups excluding carboxylic acids is 1. The Balaban J connectivity index is 1.67. The topological polar surface area (TPSA) is 46.9 Å². The van der Waals surface area contributed by atoms with Crippen molar-refractivity contribution in [3.63, 3.8) is 0 Å². The van der Waals surface area contributed by atoms with Gasteiger partial charge in [0.05, 0.1) is 5.69 Å². The zero-order chi connectivity index (χ0) is 13.7. The molecule has 0 saturated heterocycles. The standard InChI is InChI=1S/C15H23N3O/c1-12-11-13(2)18(17-12)10-6-9-16-15(19)14-7-4-3-5-8-14/h3-4,11,14H,5-10H2,1-2H3,(H,16,19). The molecule has 104 valence electrons. The fraction of sp³-hybridized carbons (Fsp3) is 0.600. The molecule has 19 heavy (non-hydrogen) atoms. The van der Waals surface area contributed by atoms with E-state index >= 15 is 0 Å². The highest BCUT2D eigenvalue weighted by atomic mass is 16.1. The summed E-state index contributed by atoms with van der Waals surface area (Å²) in [5, 5.41) is 7.45. The summed E-state index contributed by atoms with van der Waals surface area (Å²) in [6, 6.07) is 2.08. The van der Waals surface area contributed by atoms with E-state index in [2.05, 4.69) is 35.6 Å². The Bertz CT molecular complexity index is 462. The first-order valence-corrected chi connectivity index (χ1v) is 7.10. The second-order valence-corrected chi connectivity index (χ2v) is 5.28. The second kappa shape index (κ2) is 6.55. The third-order valence-electron chi connectivity index (χ3n) is 3.59. The molecule has 1 aliphatic rings. The molecule has 1 atom stereocenters. The molecule has 1 amide bonds. The van der Waals surface area contributed by atoms with Crippen LogP contribution in [-0.4, -0.2) is 22.2 Å². The number of nitrogens with one attached hydrogen (secondary N) is 1. The molecule has 1 N–H and O–H groups in total. The van der Waals surface area contributed by atoms with Crippen molar-refractivity contribution in [1.29, 1.82) is 0 Å². The van der Waals surface area contributed by atoms with E-state index in [1.54, 1.807) is 0 Å². The maximum Gasteiger partial charge on any atom is 0.223 e. The Morgan fingerprint density at radius 2 is 2.32 bits per heavy atom. The van der Waals surface area contributed by atoms with E-state index in [4.69, 9.17) is 0 Å². The largest absolute Gasteiger partial charge is 0.356 e. The van der Waals surface area contributed by atoms with Gasteiger partial charge in [-0.1, -0.05) is 12.2 Å². The average molecular weight is 261 g/mol. The summed E-state index contributed by atoms with van der Waals surface area (Å²) < 4.78 is 2.00. The van der Waals surface area contributed by atoms with Crippen LogP contribution in [0, 0.1) is 19.8 Å². The Hall–Kier alpha value is -1.58. The Morgan fingerprint density at radius 1 is 1.47 bits per heavy atom. The average Bonchev–Trinajstić information content (AvgIpc) is 2.74. The van der Waals surface area contributed by atoms with Crippen molar-refractivity contribution in [2.45, 2.75) is 46.1 Å². The maximum absolute atomic E-state index is 11.9. The molecule has 0 saturated carbocycles. The molecule has 1 heterocycles. The van der Waals surface area contributed by atoms with E-state index in [-0.39, 0.29) is 11.8 Å². The molecule has 0 radical (unpaired) electrons. The van der Waals surface area contributed by atoms with Gasteiger partial charge in [-0.05, 0) is 45.6 Å². The van der Waals surface area contributed by atoms with Crippen molar-refractivity contribution >= 4 is 5.91 Å². The monoisotopic (exact) mass is 261 g/mol. The Morgan fingerprint density at radius 3 is 2.95 bits per heavy atom. The van der Waals surface area contributed by atoms with Crippen LogP contribution in [0.15, 0.2) is 18.2 Å². The number of aryl methyl sites for hydroxylation is 3. The van der Waals surface area contributed by atoms with Gasteiger partial charge in [-0.2, -0.15) is 5.10 Å². The first-order valence-electron chi connectivity index (χ1n) is 7.10. The minimum Gasteiger partial charge on any atom is -0.356 e. The zero-order valence-corrected chi connectivity index (χ0v) is 11.9. The van der Waals surface area contributed by atoms with Gasteiger partial charge in [0.15, 0.2) is 0 Å². The van der Waals surface area contributed by atoms with Crippen molar-refractivity contribution < 1.29 is 4.79 Å². The van der Waals surface area contributed by atoms with Gasteiger partial charge < -0.3 is 5.32 Å². The van der Waals surface area contributed by atoms with Crippen LogP contribution in [0.4, 0.5) is 0 Å². The highest BCUT2D eigenvalue weighted by Gasteiger charge is 2.17. The number of allylic oxidation sites excluding steroid dienone is 2. The first kappa shape index (κ1) is 13.8. The van der Waals surface area contributed by atoms with Crippen molar-refractivity contribution in [1.82, 2.24) is 15.1 Å². The van der Waals surface area contributed by atoms with Crippen LogP contribution in [0.5, 0.6) is 0 Å². The van der Waals surface area contributed by atoms with Gasteiger partial charge in [0.25, 0.3) is 0 Å². The molecule has 1 aromatic heterocycles. The fourth-order valence-electron chi connectivity index (χ4n) is 2.52. The van der Waals surface area contributed by atoms with E-state index in [0.717, 1.165) is 44.5 Å². The number of carbonyl (C=O) groups is 1. The lowest BCUT2D eigenvalue weighted by Gasteiger charge is -2.17. The number of nitrogens with zero attached hydrogens (tertiary/aromatic N) is 2. The van der Waals surface area contributed by atoms with Crippen LogP contribution >= 0.6 is 0 Å². The third kappa shape index (κ3) is 3.94. The van der Waals surface area contributed by atoms with Gasteiger partial charge in [-0.15, -0.1) is 0 Å². The van der Waals surface area contributed by atoms with Crippen LogP contribution in [0.2, 0.25) is 0 Å². The van der Waals surface area contributed by atoms with E-state index in [1.165, 1.54) is 5.69 Å². The minimum absolute atomic E-state index is 0.179. The third-order valence-corrected chi connectivity index (χ3v) is 3.59. The molecular weight excluding hydrogens is 238 g/mol. The predicted molar refractivity (Wildman–Crippen MR) is 75.8 cm³/mol. The molecule has 2 rings (SSSR count). The molecule has 1 aliphatic carbocycles. The highest BCUT2D eigenvalue weighted by molar-refractivity contribution is 5.78. The minimum atomic E-state index is 0.179. The quantitative estimate of drug-likeness (QED) is 0.653. The lowest BCUT2D eigenvalue weighted by molar-refractivity contribution is -0.125. The van der Waals surface area contributed by atoms with Crippen LogP contribution in [0.25, 0.3) is 0 Å². The van der Waals surface area contributed by atoms with Crippen molar-refractivity contribution in [3.05, 3.63) is 29.6 Å². The van der Waals surface area contributed by atoms with E-state index < -0.39 is 0 Å². The molecule has 4 nitrogen and oxygen atoms in total. The summed E-state index contributed by atoms with van der Waals surface area (Å²) in [6.45, 7) is 5.66. The maximum atomic E-state index is 11.9. The number of hydrogen-bond acceptors (Lipinski definition) is 2. The molecular formula is C15H23N3O. The summed E-state index contributed by atoms with van der Waals surface area (Å²) >= 11 is 0. The smallest absolute Gasteiger partial charge is 0.223 e. The molecule has 1 unspecified atom stereocenters. The van der Waals surface area contributed by atoms with Crippen LogP contribution < -0.4 is 5.32 Å². The summed E-state index contributed by atoms with van der Waals surface area (Å²) in [6.07, 6.45) is 8.11. The molecule has 1 aromatic rings. The van der Waals surface area contributed by atoms with E-state index in [0.29, 0.717) is 0 Å². The second-order valence-electron chi connectivity index (χ2n) is 5.28. The fourth-order valence-corrected chi connectivity index (χ4v) is 2.52. The predicted octanol–water partition coefficient (Wildman–Crippen LogP) is 2.36. The first-order chi connectivity index (χ1) is 9.16. The van der Waals surface area contributed by atoms with Gasteiger partial charge >= 0.3 is 0 Å². The van der Waals surface area contributed by atoms with Crippen molar-refractivity contribution in [3.8, 4) is 0 Å². The molecule has 0 bridgehead atoms. The van der Waals surface area contributed by atoms with Gasteiger partial charge in [-0.25, -0.2) is 0 Å². The zero-order valence-electron chi connectivity index (χ0n) is 11.9. The van der Waals surface area contributed by atoms with Gasteiger partial charge in [0.1, 0.15) is 0 Å². The number of rotatable bonds is 5. The molecule has 0 aromatic carbocycles. The molecule has 4 heteroatoms. The number of amides is 1. The molecule has 0 spiro atoms. The Labute approximate surface area is 114 Å². The lowest BCUT2D eigenvalue weighted by Crippen LogP contribution is -2.32. The van der Waals surface area contributed by atoms with Crippen molar-refractivity contribution in [2.24, 2.45) is 5.92 Å². The summed E-state index contributed by atoms with van der Waals surface area (Å²) in [5.74, 6) is 0.386. The van der Waals surface area contributed by atoms with Crippen LogP contribution in [0.3, 0.4) is 0 Å². The normalized spacial score (nSPS) is 18.5. The lowest BCUT2D eigenvalue weighted by atomic mass is 9.94.